The third-order valence-corrected chi connectivity index (χ3v) is 5.25. The molecule has 7 heteroatoms. The van der Waals surface area contributed by atoms with Crippen LogP contribution in [0.5, 0.6) is 0 Å². The lowest BCUT2D eigenvalue weighted by atomic mass is 9.82. The summed E-state index contributed by atoms with van der Waals surface area (Å²) >= 11 is 0. The van der Waals surface area contributed by atoms with Crippen LogP contribution in [0.4, 0.5) is 13.2 Å². The van der Waals surface area contributed by atoms with Gasteiger partial charge in [-0.25, -0.2) is 0 Å². The largest absolute Gasteiger partial charge is 0.416 e. The quantitative estimate of drug-likeness (QED) is 0.886. The number of nitrogens with zero attached hydrogens (tertiary/aromatic N) is 1. The SMILES string of the molecule is O=C(Cc1ccccc1C(F)(F)F)N1CCC2(CC1)OCCC[C@H]2O. The molecule has 0 aliphatic carbocycles. The van der Waals surface area contributed by atoms with E-state index >= 15 is 0 Å². The van der Waals surface area contributed by atoms with Crippen molar-refractivity contribution in [2.75, 3.05) is 19.7 Å². The molecule has 1 amide bonds. The lowest BCUT2D eigenvalue weighted by Crippen LogP contribution is -2.56. The Morgan fingerprint density at radius 1 is 1.28 bits per heavy atom. The van der Waals surface area contributed by atoms with E-state index in [1.54, 1.807) is 4.90 Å². The second-order valence-corrected chi connectivity index (χ2v) is 6.78. The minimum absolute atomic E-state index is 0.00534. The number of benzene rings is 1. The third-order valence-electron chi connectivity index (χ3n) is 5.25. The van der Waals surface area contributed by atoms with E-state index in [0.29, 0.717) is 39.0 Å². The van der Waals surface area contributed by atoms with Gasteiger partial charge in [-0.3, -0.25) is 4.79 Å². The molecule has 25 heavy (non-hydrogen) atoms. The van der Waals surface area contributed by atoms with Gasteiger partial charge < -0.3 is 14.7 Å². The minimum atomic E-state index is -4.47. The molecule has 138 valence electrons. The van der Waals surface area contributed by atoms with Crippen molar-refractivity contribution >= 4 is 5.91 Å². The summed E-state index contributed by atoms with van der Waals surface area (Å²) in [5.41, 5.74) is -1.36. The molecular formula is C18H22F3NO3. The zero-order valence-electron chi connectivity index (χ0n) is 13.9. The van der Waals surface area contributed by atoms with Crippen molar-refractivity contribution in [1.29, 1.82) is 0 Å². The van der Waals surface area contributed by atoms with E-state index in [1.807, 2.05) is 0 Å². The van der Waals surface area contributed by atoms with Crippen LogP contribution >= 0.6 is 0 Å². The number of aliphatic hydroxyl groups excluding tert-OH is 1. The van der Waals surface area contributed by atoms with E-state index in [-0.39, 0.29) is 17.9 Å². The fraction of sp³-hybridized carbons (Fsp3) is 0.611. The first kappa shape index (κ1) is 18.2. The predicted molar refractivity (Wildman–Crippen MR) is 84.9 cm³/mol. The van der Waals surface area contributed by atoms with Crippen molar-refractivity contribution in [3.05, 3.63) is 35.4 Å². The van der Waals surface area contributed by atoms with Crippen LogP contribution in [0.15, 0.2) is 24.3 Å². The lowest BCUT2D eigenvalue weighted by molar-refractivity contribution is -0.179. The fourth-order valence-corrected chi connectivity index (χ4v) is 3.75. The Morgan fingerprint density at radius 2 is 1.96 bits per heavy atom. The van der Waals surface area contributed by atoms with Gasteiger partial charge in [0.25, 0.3) is 0 Å². The summed E-state index contributed by atoms with van der Waals surface area (Å²) in [5, 5.41) is 10.2. The average molecular weight is 357 g/mol. The molecule has 2 heterocycles. The standard InChI is InChI=1S/C18H22F3NO3/c19-18(20,21)14-5-2-1-4-13(14)12-16(24)22-9-7-17(8-10-22)15(23)6-3-11-25-17/h1-2,4-5,15,23H,3,6-12H2/t15-/m1/s1. The van der Waals surface area contributed by atoms with Crippen LogP contribution < -0.4 is 0 Å². The summed E-state index contributed by atoms with van der Waals surface area (Å²) in [6.07, 6.45) is -2.74. The second-order valence-electron chi connectivity index (χ2n) is 6.78. The van der Waals surface area contributed by atoms with E-state index in [9.17, 15) is 23.1 Å². The van der Waals surface area contributed by atoms with Crippen LogP contribution in [-0.2, 0) is 22.1 Å². The zero-order chi connectivity index (χ0) is 18.1. The highest BCUT2D eigenvalue weighted by atomic mass is 19.4. The Morgan fingerprint density at radius 3 is 2.60 bits per heavy atom. The topological polar surface area (TPSA) is 49.8 Å². The van der Waals surface area contributed by atoms with Crippen LogP contribution in [-0.4, -0.2) is 47.3 Å². The van der Waals surface area contributed by atoms with Crippen molar-refractivity contribution in [2.45, 2.75) is 50.0 Å². The van der Waals surface area contributed by atoms with Gasteiger partial charge in [-0.15, -0.1) is 0 Å². The van der Waals surface area contributed by atoms with Crippen LogP contribution in [0.1, 0.15) is 36.8 Å². The van der Waals surface area contributed by atoms with Crippen molar-refractivity contribution in [1.82, 2.24) is 4.90 Å². The Balaban J connectivity index is 1.64. The van der Waals surface area contributed by atoms with Crippen molar-refractivity contribution < 1.29 is 27.8 Å². The number of amides is 1. The summed E-state index contributed by atoms with van der Waals surface area (Å²) in [6, 6.07) is 5.18. The number of halogens is 3. The van der Waals surface area contributed by atoms with Gasteiger partial charge in [0, 0.05) is 19.7 Å². The molecule has 0 radical (unpaired) electrons. The number of alkyl halides is 3. The minimum Gasteiger partial charge on any atom is -0.390 e. The summed E-state index contributed by atoms with van der Waals surface area (Å²) in [7, 11) is 0. The number of ether oxygens (including phenoxy) is 1. The maximum absolute atomic E-state index is 13.1. The predicted octanol–water partition coefficient (Wildman–Crippen LogP) is 2.78. The first-order valence-corrected chi connectivity index (χ1v) is 8.57. The van der Waals surface area contributed by atoms with E-state index in [4.69, 9.17) is 4.74 Å². The van der Waals surface area contributed by atoms with E-state index in [0.717, 1.165) is 12.5 Å². The monoisotopic (exact) mass is 357 g/mol. The second kappa shape index (κ2) is 6.96. The van der Waals surface area contributed by atoms with Crippen LogP contribution in [0.3, 0.4) is 0 Å². The molecule has 3 rings (SSSR count). The smallest absolute Gasteiger partial charge is 0.390 e. The number of aliphatic hydroxyl groups is 1. The first-order chi connectivity index (χ1) is 11.8. The number of piperidine rings is 1. The molecule has 1 aromatic carbocycles. The van der Waals surface area contributed by atoms with E-state index in [2.05, 4.69) is 0 Å². The van der Waals surface area contributed by atoms with Crippen molar-refractivity contribution in [2.24, 2.45) is 0 Å². The number of hydrogen-bond acceptors (Lipinski definition) is 3. The number of hydrogen-bond donors (Lipinski definition) is 1. The van der Waals surface area contributed by atoms with Gasteiger partial charge >= 0.3 is 6.18 Å². The maximum Gasteiger partial charge on any atom is 0.416 e. The zero-order valence-corrected chi connectivity index (χ0v) is 13.9. The third kappa shape index (κ3) is 3.82. The maximum atomic E-state index is 13.1. The molecular weight excluding hydrogens is 335 g/mol. The average Bonchev–Trinajstić information content (AvgIpc) is 2.58. The normalized spacial score (nSPS) is 23.7. The van der Waals surface area contributed by atoms with Crippen molar-refractivity contribution in [3.63, 3.8) is 0 Å². The molecule has 0 aromatic heterocycles. The molecule has 0 bridgehead atoms. The molecule has 1 N–H and O–H groups in total. The summed E-state index contributed by atoms with van der Waals surface area (Å²) < 4.78 is 45.0. The molecule has 1 aromatic rings. The highest BCUT2D eigenvalue weighted by molar-refractivity contribution is 5.79. The Labute approximate surface area is 144 Å². The molecule has 2 aliphatic rings. The van der Waals surface area contributed by atoms with Gasteiger partial charge in [0.2, 0.25) is 5.91 Å². The number of rotatable bonds is 2. The van der Waals surface area contributed by atoms with Gasteiger partial charge in [-0.05, 0) is 37.3 Å². The lowest BCUT2D eigenvalue weighted by Gasteiger charge is -2.46. The number of carbonyl (C=O) groups excluding carboxylic acids is 1. The van der Waals surface area contributed by atoms with Crippen LogP contribution in [0.2, 0.25) is 0 Å². The van der Waals surface area contributed by atoms with Crippen LogP contribution in [0.25, 0.3) is 0 Å². The Hall–Kier alpha value is -1.60. The molecule has 0 saturated carbocycles. The summed E-state index contributed by atoms with van der Waals surface area (Å²) in [5.74, 6) is -0.322. The van der Waals surface area contributed by atoms with E-state index < -0.39 is 23.4 Å². The fourth-order valence-electron chi connectivity index (χ4n) is 3.75. The molecule has 0 unspecified atom stereocenters. The number of likely N-dealkylation sites (tertiary alicyclic amines) is 1. The molecule has 1 atom stereocenters. The van der Waals surface area contributed by atoms with Crippen LogP contribution in [0, 0.1) is 0 Å². The van der Waals surface area contributed by atoms with Gasteiger partial charge in [0.05, 0.1) is 23.7 Å². The Kier molecular flexibility index (Phi) is 5.06. The van der Waals surface area contributed by atoms with Gasteiger partial charge in [-0.1, -0.05) is 18.2 Å². The summed E-state index contributed by atoms with van der Waals surface area (Å²) in [4.78, 5) is 14.0. The molecule has 2 saturated heterocycles. The summed E-state index contributed by atoms with van der Waals surface area (Å²) in [6.45, 7) is 1.39. The highest BCUT2D eigenvalue weighted by Crippen LogP contribution is 2.36. The van der Waals surface area contributed by atoms with Gasteiger partial charge in [0.1, 0.15) is 0 Å². The number of carbonyl (C=O) groups is 1. The van der Waals surface area contributed by atoms with Crippen molar-refractivity contribution in [3.8, 4) is 0 Å². The molecule has 4 nitrogen and oxygen atoms in total. The first-order valence-electron chi connectivity index (χ1n) is 8.57. The molecule has 1 spiro atoms. The molecule has 2 aliphatic heterocycles. The Bertz CT molecular complexity index is 624. The van der Waals surface area contributed by atoms with Gasteiger partial charge in [0.15, 0.2) is 0 Å². The highest BCUT2D eigenvalue weighted by Gasteiger charge is 2.44. The molecule has 2 fully saturated rings. The van der Waals surface area contributed by atoms with Gasteiger partial charge in [-0.2, -0.15) is 13.2 Å². The van der Waals surface area contributed by atoms with E-state index in [1.165, 1.54) is 18.2 Å².